The predicted molar refractivity (Wildman–Crippen MR) is 120 cm³/mol. The largest absolute Gasteiger partial charge is 0.322 e. The highest BCUT2D eigenvalue weighted by Gasteiger charge is 2.19. The Hall–Kier alpha value is -2.93. The van der Waals surface area contributed by atoms with E-state index in [2.05, 4.69) is 9.71 Å². The average molecular weight is 439 g/mol. The molecule has 0 bridgehead atoms. The molecule has 3 aromatic carbocycles. The fourth-order valence-electron chi connectivity index (χ4n) is 3.38. The molecule has 0 amide bonds. The maximum absolute atomic E-state index is 12.9. The van der Waals surface area contributed by atoms with Crippen LogP contribution in [0.2, 0.25) is 5.02 Å². The van der Waals surface area contributed by atoms with Crippen molar-refractivity contribution in [1.29, 1.82) is 0 Å². The van der Waals surface area contributed by atoms with Gasteiger partial charge in [0.2, 0.25) is 10.0 Å². The van der Waals surface area contributed by atoms with E-state index in [0.29, 0.717) is 21.7 Å². The Morgan fingerprint density at radius 2 is 1.67 bits per heavy atom. The lowest BCUT2D eigenvalue weighted by atomic mass is 9.96. The fraction of sp³-hybridized carbons (Fsp3) is 0.0870. The molecular formula is C23H19ClN2O3S. The van der Waals surface area contributed by atoms with Crippen molar-refractivity contribution in [1.82, 2.24) is 9.71 Å². The highest BCUT2D eigenvalue weighted by Crippen LogP contribution is 2.31. The van der Waals surface area contributed by atoms with Crippen LogP contribution in [0.25, 0.3) is 22.0 Å². The Morgan fingerprint density at radius 1 is 0.967 bits per heavy atom. The molecule has 0 unspecified atom stereocenters. The van der Waals surface area contributed by atoms with Crippen LogP contribution in [0.15, 0.2) is 82.5 Å². The number of sulfonamides is 1. The van der Waals surface area contributed by atoms with E-state index < -0.39 is 10.0 Å². The van der Waals surface area contributed by atoms with Gasteiger partial charge >= 0.3 is 0 Å². The number of aryl methyl sites for hydroxylation is 1. The Balaban J connectivity index is 1.82. The molecule has 0 saturated carbocycles. The predicted octanol–water partition coefficient (Wildman–Crippen LogP) is 4.64. The minimum atomic E-state index is -3.77. The summed E-state index contributed by atoms with van der Waals surface area (Å²) in [4.78, 5) is 15.9. The van der Waals surface area contributed by atoms with Crippen LogP contribution >= 0.6 is 11.6 Å². The first-order valence-corrected chi connectivity index (χ1v) is 11.2. The summed E-state index contributed by atoms with van der Waals surface area (Å²) >= 11 is 6.10. The van der Waals surface area contributed by atoms with E-state index in [1.54, 1.807) is 36.4 Å². The fourth-order valence-corrected chi connectivity index (χ4v) is 4.55. The first-order chi connectivity index (χ1) is 14.3. The van der Waals surface area contributed by atoms with Crippen LogP contribution < -0.4 is 10.3 Å². The van der Waals surface area contributed by atoms with Gasteiger partial charge in [-0.2, -0.15) is 0 Å². The van der Waals surface area contributed by atoms with Crippen LogP contribution in [-0.4, -0.2) is 13.4 Å². The van der Waals surface area contributed by atoms with Crippen molar-refractivity contribution < 1.29 is 8.42 Å². The number of benzene rings is 3. The molecule has 1 aromatic heterocycles. The molecule has 0 aliphatic heterocycles. The van der Waals surface area contributed by atoms with Crippen molar-refractivity contribution in [3.05, 3.63) is 99.3 Å². The molecule has 1 heterocycles. The van der Waals surface area contributed by atoms with E-state index >= 15 is 0 Å². The SMILES string of the molecule is Cc1ccc(S(=O)(=O)NCc2c(-c3ccccc3)c3ccc(Cl)cc3[nH]c2=O)cc1. The van der Waals surface area contributed by atoms with Crippen molar-refractivity contribution in [2.45, 2.75) is 18.4 Å². The monoisotopic (exact) mass is 438 g/mol. The molecule has 2 N–H and O–H groups in total. The number of halogens is 1. The van der Waals surface area contributed by atoms with E-state index in [-0.39, 0.29) is 17.0 Å². The zero-order valence-electron chi connectivity index (χ0n) is 16.1. The van der Waals surface area contributed by atoms with Crippen molar-refractivity contribution >= 4 is 32.5 Å². The molecule has 0 aliphatic carbocycles. The van der Waals surface area contributed by atoms with Gasteiger partial charge < -0.3 is 4.98 Å². The number of hydrogen-bond donors (Lipinski definition) is 2. The van der Waals surface area contributed by atoms with Gasteiger partial charge in [0.1, 0.15) is 0 Å². The van der Waals surface area contributed by atoms with Crippen LogP contribution in [0.5, 0.6) is 0 Å². The summed E-state index contributed by atoms with van der Waals surface area (Å²) in [5, 5.41) is 1.29. The van der Waals surface area contributed by atoms with E-state index in [1.165, 1.54) is 0 Å². The summed E-state index contributed by atoms with van der Waals surface area (Å²) in [6.45, 7) is 1.74. The smallest absolute Gasteiger partial charge is 0.253 e. The number of hydrogen-bond acceptors (Lipinski definition) is 3. The summed E-state index contributed by atoms with van der Waals surface area (Å²) in [5.41, 5.74) is 3.03. The Bertz CT molecular complexity index is 1380. The third-order valence-corrected chi connectivity index (χ3v) is 6.56. The molecule has 7 heteroatoms. The highest BCUT2D eigenvalue weighted by atomic mass is 35.5. The molecule has 152 valence electrons. The number of aromatic amines is 1. The van der Waals surface area contributed by atoms with E-state index in [1.807, 2.05) is 43.3 Å². The van der Waals surface area contributed by atoms with E-state index in [0.717, 1.165) is 16.5 Å². The van der Waals surface area contributed by atoms with Crippen LogP contribution in [0.3, 0.4) is 0 Å². The van der Waals surface area contributed by atoms with Gasteiger partial charge in [-0.1, -0.05) is 65.7 Å². The lowest BCUT2D eigenvalue weighted by Crippen LogP contribution is -2.27. The van der Waals surface area contributed by atoms with Crippen molar-refractivity contribution in [2.75, 3.05) is 0 Å². The third kappa shape index (κ3) is 4.03. The lowest BCUT2D eigenvalue weighted by molar-refractivity contribution is 0.581. The Kier molecular flexibility index (Phi) is 5.47. The summed E-state index contributed by atoms with van der Waals surface area (Å²) in [5.74, 6) is 0. The second-order valence-electron chi connectivity index (χ2n) is 7.00. The lowest BCUT2D eigenvalue weighted by Gasteiger charge is -2.14. The van der Waals surface area contributed by atoms with Gasteiger partial charge in [-0.3, -0.25) is 4.79 Å². The van der Waals surface area contributed by atoms with Gasteiger partial charge in [-0.25, -0.2) is 13.1 Å². The second-order valence-corrected chi connectivity index (χ2v) is 9.20. The standard InChI is InChI=1S/C23H19ClN2O3S/c1-15-7-10-18(11-8-15)30(28,29)25-14-20-22(16-5-3-2-4-6-16)19-12-9-17(24)13-21(19)26-23(20)27/h2-13,25H,14H2,1H3,(H,26,27). The summed E-state index contributed by atoms with van der Waals surface area (Å²) in [6.07, 6.45) is 0. The number of rotatable bonds is 5. The van der Waals surface area contributed by atoms with Crippen LogP contribution in [0.1, 0.15) is 11.1 Å². The van der Waals surface area contributed by atoms with Gasteiger partial charge in [-0.05, 0) is 36.8 Å². The van der Waals surface area contributed by atoms with Gasteiger partial charge in [0.15, 0.2) is 0 Å². The molecular weight excluding hydrogens is 420 g/mol. The Labute approximate surface area is 179 Å². The minimum Gasteiger partial charge on any atom is -0.322 e. The number of fused-ring (bicyclic) bond motifs is 1. The minimum absolute atomic E-state index is 0.145. The first-order valence-electron chi connectivity index (χ1n) is 9.31. The van der Waals surface area contributed by atoms with E-state index in [9.17, 15) is 13.2 Å². The molecule has 4 rings (SSSR count). The maximum atomic E-state index is 12.9. The number of aromatic nitrogens is 1. The molecule has 0 atom stereocenters. The first kappa shape index (κ1) is 20.3. The molecule has 0 aliphatic rings. The van der Waals surface area contributed by atoms with E-state index in [4.69, 9.17) is 11.6 Å². The second kappa shape index (κ2) is 8.07. The average Bonchev–Trinajstić information content (AvgIpc) is 2.72. The zero-order valence-corrected chi connectivity index (χ0v) is 17.7. The van der Waals surface area contributed by atoms with Gasteiger partial charge in [0.05, 0.1) is 10.4 Å². The third-order valence-electron chi connectivity index (χ3n) is 4.91. The van der Waals surface area contributed by atoms with Gasteiger partial charge in [-0.15, -0.1) is 0 Å². The molecule has 0 fully saturated rings. The van der Waals surface area contributed by atoms with Crippen LogP contribution in [0.4, 0.5) is 0 Å². The summed E-state index contributed by atoms with van der Waals surface area (Å²) in [6, 6.07) is 21.2. The summed E-state index contributed by atoms with van der Waals surface area (Å²) < 4.78 is 28.1. The molecule has 4 aromatic rings. The van der Waals surface area contributed by atoms with Gasteiger partial charge in [0.25, 0.3) is 5.56 Å². The van der Waals surface area contributed by atoms with Gasteiger partial charge in [0, 0.05) is 28.1 Å². The molecule has 5 nitrogen and oxygen atoms in total. The quantitative estimate of drug-likeness (QED) is 0.476. The zero-order chi connectivity index (χ0) is 21.3. The van der Waals surface area contributed by atoms with Crippen molar-refractivity contribution in [3.63, 3.8) is 0 Å². The molecule has 0 saturated heterocycles. The highest BCUT2D eigenvalue weighted by molar-refractivity contribution is 7.89. The summed E-state index contributed by atoms with van der Waals surface area (Å²) in [7, 11) is -3.77. The van der Waals surface area contributed by atoms with Crippen LogP contribution in [0, 0.1) is 6.92 Å². The Morgan fingerprint density at radius 3 is 2.37 bits per heavy atom. The maximum Gasteiger partial charge on any atom is 0.253 e. The number of H-pyrrole nitrogens is 1. The van der Waals surface area contributed by atoms with Crippen molar-refractivity contribution in [3.8, 4) is 11.1 Å². The number of pyridine rings is 1. The normalized spacial score (nSPS) is 11.7. The molecule has 30 heavy (non-hydrogen) atoms. The topological polar surface area (TPSA) is 79.0 Å². The molecule has 0 spiro atoms. The molecule has 0 radical (unpaired) electrons. The van der Waals surface area contributed by atoms with Crippen LogP contribution in [-0.2, 0) is 16.6 Å². The van der Waals surface area contributed by atoms with Crippen molar-refractivity contribution in [2.24, 2.45) is 0 Å². The number of nitrogens with one attached hydrogen (secondary N) is 2.